The van der Waals surface area contributed by atoms with E-state index < -0.39 is 5.97 Å². The molecule has 134 valence electrons. The number of nitrogens with zero attached hydrogens (tertiary/aromatic N) is 2. The molecular formula is C20H14ClN3O3. The lowest BCUT2D eigenvalue weighted by atomic mass is 10.0. The van der Waals surface area contributed by atoms with Crippen LogP contribution < -0.4 is 4.74 Å². The number of hydrogen-bond acceptors (Lipinski definition) is 4. The number of ether oxygens (including phenoxy) is 1. The second-order valence-electron chi connectivity index (χ2n) is 5.86. The minimum Gasteiger partial charge on any atom is -0.496 e. The number of H-pyrrole nitrogens is 1. The maximum Gasteiger partial charge on any atom is 0.336 e. The third-order valence-corrected chi connectivity index (χ3v) is 4.52. The van der Waals surface area contributed by atoms with Gasteiger partial charge in [-0.3, -0.25) is 5.10 Å². The molecule has 4 aromatic rings. The van der Waals surface area contributed by atoms with Crippen molar-refractivity contribution in [1.82, 2.24) is 15.2 Å². The Kier molecular flexibility index (Phi) is 4.25. The van der Waals surface area contributed by atoms with Gasteiger partial charge >= 0.3 is 5.97 Å². The largest absolute Gasteiger partial charge is 0.496 e. The number of fused-ring (bicyclic) bond motifs is 1. The van der Waals surface area contributed by atoms with Crippen LogP contribution in [0, 0.1) is 0 Å². The summed E-state index contributed by atoms with van der Waals surface area (Å²) in [6.45, 7) is 0. The monoisotopic (exact) mass is 379 g/mol. The number of pyridine rings is 1. The molecular weight excluding hydrogens is 366 g/mol. The van der Waals surface area contributed by atoms with Gasteiger partial charge in [-0.25, -0.2) is 9.78 Å². The summed E-state index contributed by atoms with van der Waals surface area (Å²) in [5, 5.41) is 18.0. The second kappa shape index (κ2) is 6.74. The normalized spacial score (nSPS) is 10.9. The third kappa shape index (κ3) is 3.00. The fourth-order valence-corrected chi connectivity index (χ4v) is 3.14. The molecule has 0 bridgehead atoms. The van der Waals surface area contributed by atoms with Crippen molar-refractivity contribution < 1.29 is 14.6 Å². The number of hydrogen-bond donors (Lipinski definition) is 2. The summed E-state index contributed by atoms with van der Waals surface area (Å²) in [5.74, 6) is -0.454. The number of methoxy groups -OCH3 is 1. The Labute approximate surface area is 159 Å². The van der Waals surface area contributed by atoms with Crippen LogP contribution in [0.25, 0.3) is 33.5 Å². The van der Waals surface area contributed by atoms with Gasteiger partial charge in [0.05, 0.1) is 29.4 Å². The Morgan fingerprint density at radius 3 is 2.59 bits per heavy atom. The maximum atomic E-state index is 12.0. The standard InChI is InChI=1S/C20H14ClN3O3/c1-27-16-5-3-2-4-13(16)15-10-14(20(25)26)17-18(23-24-19(17)22-15)11-6-8-12(21)9-7-11/h2-10H,1H3,(H,25,26)(H,22,23,24). The van der Waals surface area contributed by atoms with Gasteiger partial charge in [-0.05, 0) is 30.3 Å². The molecule has 0 unspecified atom stereocenters. The smallest absolute Gasteiger partial charge is 0.336 e. The molecule has 0 saturated heterocycles. The number of carboxylic acids is 1. The van der Waals surface area contributed by atoms with E-state index in [0.717, 1.165) is 5.56 Å². The van der Waals surface area contributed by atoms with Crippen LogP contribution in [0.4, 0.5) is 0 Å². The van der Waals surface area contributed by atoms with Crippen LogP contribution in [0.5, 0.6) is 5.75 Å². The molecule has 2 aromatic heterocycles. The lowest BCUT2D eigenvalue weighted by molar-refractivity contribution is 0.0699. The predicted octanol–water partition coefficient (Wildman–Crippen LogP) is 4.65. The number of aromatic nitrogens is 3. The summed E-state index contributed by atoms with van der Waals surface area (Å²) < 4.78 is 5.37. The Morgan fingerprint density at radius 1 is 1.15 bits per heavy atom. The molecule has 2 heterocycles. The average molecular weight is 380 g/mol. The van der Waals surface area contributed by atoms with Gasteiger partial charge in [-0.2, -0.15) is 5.10 Å². The highest BCUT2D eigenvalue weighted by atomic mass is 35.5. The molecule has 27 heavy (non-hydrogen) atoms. The SMILES string of the molecule is COc1ccccc1-c1cc(C(=O)O)c2c(-c3ccc(Cl)cc3)[nH]nc2n1. The number of carbonyl (C=O) groups is 1. The molecule has 4 rings (SSSR count). The second-order valence-corrected chi connectivity index (χ2v) is 6.30. The first-order chi connectivity index (χ1) is 13.1. The zero-order chi connectivity index (χ0) is 19.0. The number of aromatic carboxylic acids is 1. The van der Waals surface area contributed by atoms with Crippen LogP contribution in [0.2, 0.25) is 5.02 Å². The van der Waals surface area contributed by atoms with Crippen LogP contribution >= 0.6 is 11.6 Å². The van der Waals surface area contributed by atoms with E-state index in [4.69, 9.17) is 16.3 Å². The van der Waals surface area contributed by atoms with Crippen molar-refractivity contribution in [2.45, 2.75) is 0 Å². The van der Waals surface area contributed by atoms with Gasteiger partial charge in [0.25, 0.3) is 0 Å². The van der Waals surface area contributed by atoms with Crippen molar-refractivity contribution in [3.05, 3.63) is 65.2 Å². The Morgan fingerprint density at radius 2 is 1.89 bits per heavy atom. The number of aromatic amines is 1. The molecule has 0 aliphatic heterocycles. The summed E-state index contributed by atoms with van der Waals surface area (Å²) in [6, 6.07) is 15.9. The van der Waals surface area contributed by atoms with Crippen LogP contribution in [0.1, 0.15) is 10.4 Å². The molecule has 0 aliphatic carbocycles. The van der Waals surface area contributed by atoms with Gasteiger partial charge in [0.1, 0.15) is 5.75 Å². The molecule has 7 heteroatoms. The van der Waals surface area contributed by atoms with Gasteiger partial charge in [0, 0.05) is 16.1 Å². The molecule has 2 N–H and O–H groups in total. The van der Waals surface area contributed by atoms with E-state index in [2.05, 4.69) is 15.2 Å². The highest BCUT2D eigenvalue weighted by molar-refractivity contribution is 6.30. The lowest BCUT2D eigenvalue weighted by Crippen LogP contribution is -2.01. The summed E-state index contributed by atoms with van der Waals surface area (Å²) in [7, 11) is 1.56. The molecule has 0 fully saturated rings. The first-order valence-corrected chi connectivity index (χ1v) is 8.48. The van der Waals surface area contributed by atoms with Crippen molar-refractivity contribution in [2.24, 2.45) is 0 Å². The van der Waals surface area contributed by atoms with Crippen molar-refractivity contribution in [3.63, 3.8) is 0 Å². The highest BCUT2D eigenvalue weighted by Gasteiger charge is 2.20. The number of nitrogens with one attached hydrogen (secondary N) is 1. The van der Waals surface area contributed by atoms with Crippen LogP contribution in [0.15, 0.2) is 54.6 Å². The molecule has 0 spiro atoms. The number of carboxylic acid groups (broad SMARTS) is 1. The minimum atomic E-state index is -1.06. The van der Waals surface area contributed by atoms with Gasteiger partial charge in [0.2, 0.25) is 0 Å². The van der Waals surface area contributed by atoms with Gasteiger partial charge in [-0.1, -0.05) is 35.9 Å². The summed E-state index contributed by atoms with van der Waals surface area (Å²) in [6.07, 6.45) is 0. The Balaban J connectivity index is 1.97. The fourth-order valence-electron chi connectivity index (χ4n) is 3.01. The molecule has 0 radical (unpaired) electrons. The van der Waals surface area contributed by atoms with E-state index in [9.17, 15) is 9.90 Å². The Hall–Kier alpha value is -3.38. The number of halogens is 1. The number of para-hydroxylation sites is 1. The zero-order valence-electron chi connectivity index (χ0n) is 14.2. The quantitative estimate of drug-likeness (QED) is 0.538. The first kappa shape index (κ1) is 17.1. The Bertz CT molecular complexity index is 1150. The van der Waals surface area contributed by atoms with E-state index in [1.807, 2.05) is 18.2 Å². The van der Waals surface area contributed by atoms with Gasteiger partial charge < -0.3 is 9.84 Å². The van der Waals surface area contributed by atoms with Crippen molar-refractivity contribution in [3.8, 4) is 28.3 Å². The van der Waals surface area contributed by atoms with E-state index in [-0.39, 0.29) is 5.56 Å². The van der Waals surface area contributed by atoms with E-state index in [1.165, 1.54) is 6.07 Å². The highest BCUT2D eigenvalue weighted by Crippen LogP contribution is 2.34. The predicted molar refractivity (Wildman–Crippen MR) is 103 cm³/mol. The molecule has 2 aromatic carbocycles. The zero-order valence-corrected chi connectivity index (χ0v) is 15.0. The number of benzene rings is 2. The average Bonchev–Trinajstić information content (AvgIpc) is 3.11. The molecule has 0 atom stereocenters. The minimum absolute atomic E-state index is 0.111. The third-order valence-electron chi connectivity index (χ3n) is 4.27. The van der Waals surface area contributed by atoms with Crippen molar-refractivity contribution >= 4 is 28.6 Å². The summed E-state index contributed by atoms with van der Waals surface area (Å²) in [5.41, 5.74) is 2.96. The van der Waals surface area contributed by atoms with Gasteiger partial charge in [0.15, 0.2) is 5.65 Å². The first-order valence-electron chi connectivity index (χ1n) is 8.10. The topological polar surface area (TPSA) is 88.1 Å². The van der Waals surface area contributed by atoms with E-state index >= 15 is 0 Å². The van der Waals surface area contributed by atoms with E-state index in [0.29, 0.717) is 38.8 Å². The van der Waals surface area contributed by atoms with Crippen LogP contribution in [-0.4, -0.2) is 33.4 Å². The number of rotatable bonds is 4. The maximum absolute atomic E-state index is 12.0. The van der Waals surface area contributed by atoms with Gasteiger partial charge in [-0.15, -0.1) is 0 Å². The van der Waals surface area contributed by atoms with Crippen molar-refractivity contribution in [2.75, 3.05) is 7.11 Å². The molecule has 6 nitrogen and oxygen atoms in total. The van der Waals surface area contributed by atoms with Crippen LogP contribution in [-0.2, 0) is 0 Å². The summed E-state index contributed by atoms with van der Waals surface area (Å²) in [4.78, 5) is 16.5. The molecule has 0 amide bonds. The van der Waals surface area contributed by atoms with Crippen molar-refractivity contribution in [1.29, 1.82) is 0 Å². The summed E-state index contributed by atoms with van der Waals surface area (Å²) >= 11 is 5.95. The molecule has 0 aliphatic rings. The van der Waals surface area contributed by atoms with Crippen LogP contribution in [0.3, 0.4) is 0 Å². The fraction of sp³-hybridized carbons (Fsp3) is 0.0500. The molecule has 0 saturated carbocycles. The lowest BCUT2D eigenvalue weighted by Gasteiger charge is -2.09. The van der Waals surface area contributed by atoms with E-state index in [1.54, 1.807) is 37.4 Å².